The summed E-state index contributed by atoms with van der Waals surface area (Å²) in [6.07, 6.45) is 2.33. The minimum absolute atomic E-state index is 0.145. The van der Waals surface area contributed by atoms with Gasteiger partial charge in [-0.05, 0) is 42.5 Å². The highest BCUT2D eigenvalue weighted by atomic mass is 16.5. The van der Waals surface area contributed by atoms with Crippen LogP contribution in [-0.2, 0) is 6.61 Å². The number of carboxylic acid groups (broad SMARTS) is 1. The van der Waals surface area contributed by atoms with Crippen LogP contribution in [0.1, 0.15) is 28.8 Å². The Morgan fingerprint density at radius 2 is 1.86 bits per heavy atom. The minimum atomic E-state index is -1.00. The largest absolute Gasteiger partial charge is 0.492 e. The van der Waals surface area contributed by atoms with E-state index in [1.165, 1.54) is 18.9 Å². The van der Waals surface area contributed by atoms with E-state index in [0.29, 0.717) is 30.6 Å². The molecule has 1 saturated carbocycles. The second-order valence-corrected chi connectivity index (χ2v) is 5.49. The smallest absolute Gasteiger partial charge is 0.339 e. The summed E-state index contributed by atoms with van der Waals surface area (Å²) in [6.45, 7) is 0.993. The number of aromatic carboxylic acids is 1. The summed E-state index contributed by atoms with van der Waals surface area (Å²) >= 11 is 0. The molecule has 0 atom stereocenters. The van der Waals surface area contributed by atoms with Gasteiger partial charge in [0.25, 0.3) is 0 Å². The van der Waals surface area contributed by atoms with Gasteiger partial charge < -0.3 is 14.6 Å². The summed E-state index contributed by atoms with van der Waals surface area (Å²) in [5.41, 5.74) is 1.18. The van der Waals surface area contributed by atoms with E-state index in [9.17, 15) is 9.90 Å². The van der Waals surface area contributed by atoms with E-state index in [1.54, 1.807) is 12.1 Å². The van der Waals surface area contributed by atoms with Gasteiger partial charge in [-0.3, -0.25) is 0 Å². The van der Waals surface area contributed by atoms with Gasteiger partial charge in [-0.2, -0.15) is 0 Å². The standard InChI is InChI=1S/C18H18O4/c19-18(20)16-10-15(21-11-13-4-2-1-3-5-13)8-9-17(16)22-12-14-6-7-14/h1-5,8-10,14H,6-7,11-12H2,(H,19,20). The van der Waals surface area contributed by atoms with E-state index >= 15 is 0 Å². The quantitative estimate of drug-likeness (QED) is 0.845. The van der Waals surface area contributed by atoms with E-state index < -0.39 is 5.97 Å². The highest BCUT2D eigenvalue weighted by molar-refractivity contribution is 5.91. The topological polar surface area (TPSA) is 55.8 Å². The van der Waals surface area contributed by atoms with Crippen LogP contribution in [0.3, 0.4) is 0 Å². The fourth-order valence-electron chi connectivity index (χ4n) is 2.12. The summed E-state index contributed by atoms with van der Waals surface area (Å²) < 4.78 is 11.3. The van der Waals surface area contributed by atoms with Gasteiger partial charge in [0.2, 0.25) is 0 Å². The maximum atomic E-state index is 11.4. The lowest BCUT2D eigenvalue weighted by atomic mass is 10.2. The van der Waals surface area contributed by atoms with Crippen LogP contribution < -0.4 is 9.47 Å². The van der Waals surface area contributed by atoms with Crippen LogP contribution in [0.15, 0.2) is 48.5 Å². The molecule has 2 aromatic carbocycles. The van der Waals surface area contributed by atoms with Gasteiger partial charge in [-0.1, -0.05) is 30.3 Å². The molecule has 4 nitrogen and oxygen atoms in total. The fourth-order valence-corrected chi connectivity index (χ4v) is 2.12. The number of carbonyl (C=O) groups is 1. The average Bonchev–Trinajstić information content (AvgIpc) is 3.36. The number of rotatable bonds is 7. The summed E-state index contributed by atoms with van der Waals surface area (Å²) in [5.74, 6) is 0.512. The van der Waals surface area contributed by atoms with Crippen molar-refractivity contribution in [2.75, 3.05) is 6.61 Å². The zero-order valence-electron chi connectivity index (χ0n) is 12.2. The molecule has 0 radical (unpaired) electrons. The lowest BCUT2D eigenvalue weighted by Crippen LogP contribution is -2.06. The van der Waals surface area contributed by atoms with Crippen molar-refractivity contribution in [2.45, 2.75) is 19.4 Å². The highest BCUT2D eigenvalue weighted by Gasteiger charge is 2.23. The Kier molecular flexibility index (Phi) is 4.28. The first-order valence-corrected chi connectivity index (χ1v) is 7.39. The molecule has 22 heavy (non-hydrogen) atoms. The molecule has 0 spiro atoms. The SMILES string of the molecule is O=C(O)c1cc(OCc2ccccc2)ccc1OCC1CC1. The second kappa shape index (κ2) is 6.52. The first kappa shape index (κ1) is 14.4. The molecule has 0 heterocycles. The molecular weight excluding hydrogens is 280 g/mol. The number of hydrogen-bond acceptors (Lipinski definition) is 3. The third-order valence-electron chi connectivity index (χ3n) is 3.60. The predicted molar refractivity (Wildman–Crippen MR) is 82.4 cm³/mol. The summed E-state index contributed by atoms with van der Waals surface area (Å²) in [5, 5.41) is 9.32. The van der Waals surface area contributed by atoms with Crippen molar-refractivity contribution in [1.29, 1.82) is 0 Å². The molecule has 0 aromatic heterocycles. The molecule has 2 aromatic rings. The van der Waals surface area contributed by atoms with Crippen molar-refractivity contribution in [3.63, 3.8) is 0 Å². The van der Waals surface area contributed by atoms with Crippen molar-refractivity contribution < 1.29 is 19.4 Å². The van der Waals surface area contributed by atoms with E-state index in [-0.39, 0.29) is 5.56 Å². The number of ether oxygens (including phenoxy) is 2. The Balaban J connectivity index is 1.69. The number of hydrogen-bond donors (Lipinski definition) is 1. The summed E-state index contributed by atoms with van der Waals surface area (Å²) in [7, 11) is 0. The Morgan fingerprint density at radius 3 is 2.55 bits per heavy atom. The Labute approximate surface area is 129 Å². The van der Waals surface area contributed by atoms with E-state index in [2.05, 4.69) is 0 Å². The van der Waals surface area contributed by atoms with Gasteiger partial charge in [-0.25, -0.2) is 4.79 Å². The third-order valence-corrected chi connectivity index (χ3v) is 3.60. The van der Waals surface area contributed by atoms with Crippen molar-refractivity contribution >= 4 is 5.97 Å². The predicted octanol–water partition coefficient (Wildman–Crippen LogP) is 3.75. The zero-order valence-corrected chi connectivity index (χ0v) is 12.2. The monoisotopic (exact) mass is 298 g/mol. The lowest BCUT2D eigenvalue weighted by Gasteiger charge is -2.11. The van der Waals surface area contributed by atoms with Gasteiger partial charge in [0.05, 0.1) is 6.61 Å². The Hall–Kier alpha value is -2.49. The van der Waals surface area contributed by atoms with E-state index in [0.717, 1.165) is 5.56 Å². The second-order valence-electron chi connectivity index (χ2n) is 5.49. The fraction of sp³-hybridized carbons (Fsp3) is 0.278. The first-order chi connectivity index (χ1) is 10.7. The molecule has 3 rings (SSSR count). The molecule has 1 N–H and O–H groups in total. The third kappa shape index (κ3) is 3.79. The molecule has 1 aliphatic rings. The Bertz CT molecular complexity index is 647. The number of carboxylic acids is 1. The molecule has 0 aliphatic heterocycles. The normalized spacial score (nSPS) is 13.6. The minimum Gasteiger partial charge on any atom is -0.492 e. The van der Waals surface area contributed by atoms with Gasteiger partial charge in [0, 0.05) is 0 Å². The lowest BCUT2D eigenvalue weighted by molar-refractivity contribution is 0.0691. The van der Waals surface area contributed by atoms with E-state index in [4.69, 9.17) is 9.47 Å². The molecule has 1 fully saturated rings. The molecule has 1 aliphatic carbocycles. The molecule has 0 amide bonds. The molecule has 0 unspecified atom stereocenters. The van der Waals surface area contributed by atoms with Gasteiger partial charge in [0.1, 0.15) is 23.7 Å². The Morgan fingerprint density at radius 1 is 1.09 bits per heavy atom. The maximum absolute atomic E-state index is 11.4. The average molecular weight is 298 g/mol. The van der Waals surface area contributed by atoms with Gasteiger partial charge >= 0.3 is 5.97 Å². The zero-order chi connectivity index (χ0) is 15.4. The summed E-state index contributed by atoms with van der Waals surface area (Å²) in [6, 6.07) is 14.7. The van der Waals surface area contributed by atoms with Crippen LogP contribution in [0.5, 0.6) is 11.5 Å². The van der Waals surface area contributed by atoms with Crippen molar-refractivity contribution in [3.8, 4) is 11.5 Å². The number of benzene rings is 2. The van der Waals surface area contributed by atoms with E-state index in [1.807, 2.05) is 30.3 Å². The van der Waals surface area contributed by atoms with Crippen LogP contribution in [-0.4, -0.2) is 17.7 Å². The van der Waals surface area contributed by atoms with Gasteiger partial charge in [-0.15, -0.1) is 0 Å². The first-order valence-electron chi connectivity index (χ1n) is 7.39. The van der Waals surface area contributed by atoms with Crippen molar-refractivity contribution in [2.24, 2.45) is 5.92 Å². The van der Waals surface area contributed by atoms with Crippen LogP contribution in [0.4, 0.5) is 0 Å². The van der Waals surface area contributed by atoms with Gasteiger partial charge in [0.15, 0.2) is 0 Å². The van der Waals surface area contributed by atoms with Crippen LogP contribution in [0.25, 0.3) is 0 Å². The molecule has 0 bridgehead atoms. The maximum Gasteiger partial charge on any atom is 0.339 e. The molecule has 0 saturated heterocycles. The molecular formula is C18H18O4. The van der Waals surface area contributed by atoms with Crippen LogP contribution in [0.2, 0.25) is 0 Å². The van der Waals surface area contributed by atoms with Crippen molar-refractivity contribution in [1.82, 2.24) is 0 Å². The van der Waals surface area contributed by atoms with Crippen molar-refractivity contribution in [3.05, 3.63) is 59.7 Å². The molecule has 4 heteroatoms. The summed E-state index contributed by atoms with van der Waals surface area (Å²) in [4.78, 5) is 11.4. The van der Waals surface area contributed by atoms with Crippen LogP contribution >= 0.6 is 0 Å². The van der Waals surface area contributed by atoms with Crippen LogP contribution in [0, 0.1) is 5.92 Å². The molecule has 114 valence electrons. The highest BCUT2D eigenvalue weighted by Crippen LogP contribution is 2.31.